The van der Waals surface area contributed by atoms with Crippen LogP contribution in [0.1, 0.15) is 41.6 Å². The first kappa shape index (κ1) is 17.2. The van der Waals surface area contributed by atoms with Crippen molar-refractivity contribution in [3.8, 4) is 0 Å². The van der Waals surface area contributed by atoms with Gasteiger partial charge in [0.05, 0.1) is 13.0 Å². The summed E-state index contributed by atoms with van der Waals surface area (Å²) in [7, 11) is 0. The highest BCUT2D eigenvalue weighted by Crippen LogP contribution is 2.27. The minimum absolute atomic E-state index is 0.00912. The standard InChI is InChI=1S/C19H19ClO3/c1-2-23-19(22)13-16(14-8-10-17(20)11-9-14)12-18(21)15-6-4-3-5-7-15/h3-11,16H,2,12-13H2,1H3. The number of carbonyl (C=O) groups is 2. The molecule has 0 aliphatic rings. The molecule has 0 amide bonds. The van der Waals surface area contributed by atoms with E-state index < -0.39 is 0 Å². The molecule has 0 bridgehead atoms. The first-order valence-electron chi connectivity index (χ1n) is 7.59. The molecule has 0 heterocycles. The third kappa shape index (κ3) is 5.22. The molecule has 2 aromatic rings. The average Bonchev–Trinajstić information content (AvgIpc) is 2.56. The molecule has 0 radical (unpaired) electrons. The second-order valence-electron chi connectivity index (χ2n) is 5.25. The fourth-order valence-electron chi connectivity index (χ4n) is 2.43. The Morgan fingerprint density at radius 3 is 2.26 bits per heavy atom. The van der Waals surface area contributed by atoms with Crippen molar-refractivity contribution in [3.63, 3.8) is 0 Å². The van der Waals surface area contributed by atoms with Crippen molar-refractivity contribution in [1.82, 2.24) is 0 Å². The van der Waals surface area contributed by atoms with E-state index in [9.17, 15) is 9.59 Å². The van der Waals surface area contributed by atoms with Gasteiger partial charge in [-0.15, -0.1) is 0 Å². The van der Waals surface area contributed by atoms with Crippen molar-refractivity contribution < 1.29 is 14.3 Å². The summed E-state index contributed by atoms with van der Waals surface area (Å²) in [6.45, 7) is 2.10. The van der Waals surface area contributed by atoms with Crippen LogP contribution in [0.4, 0.5) is 0 Å². The number of benzene rings is 2. The van der Waals surface area contributed by atoms with E-state index in [0.717, 1.165) is 5.56 Å². The van der Waals surface area contributed by atoms with Gasteiger partial charge in [-0.25, -0.2) is 0 Å². The van der Waals surface area contributed by atoms with E-state index in [1.54, 1.807) is 31.2 Å². The maximum atomic E-state index is 12.5. The van der Waals surface area contributed by atoms with E-state index in [2.05, 4.69) is 0 Å². The van der Waals surface area contributed by atoms with Crippen molar-refractivity contribution in [3.05, 3.63) is 70.7 Å². The monoisotopic (exact) mass is 330 g/mol. The number of rotatable bonds is 7. The number of esters is 1. The second kappa shape index (κ2) is 8.49. The molecule has 0 fully saturated rings. The van der Waals surface area contributed by atoms with Crippen LogP contribution in [0.15, 0.2) is 54.6 Å². The number of hydrogen-bond donors (Lipinski definition) is 0. The van der Waals surface area contributed by atoms with Gasteiger partial charge in [-0.2, -0.15) is 0 Å². The van der Waals surface area contributed by atoms with Crippen molar-refractivity contribution in [2.24, 2.45) is 0 Å². The van der Waals surface area contributed by atoms with Crippen LogP contribution in [0, 0.1) is 0 Å². The normalized spacial score (nSPS) is 11.7. The van der Waals surface area contributed by atoms with E-state index in [0.29, 0.717) is 17.2 Å². The minimum Gasteiger partial charge on any atom is -0.466 e. The molecule has 0 aliphatic carbocycles. The molecule has 0 saturated carbocycles. The zero-order valence-corrected chi connectivity index (χ0v) is 13.8. The molecule has 120 valence electrons. The molecule has 2 aromatic carbocycles. The molecule has 0 aliphatic heterocycles. The summed E-state index contributed by atoms with van der Waals surface area (Å²) in [6.07, 6.45) is 0.429. The molecule has 0 N–H and O–H groups in total. The summed E-state index contributed by atoms with van der Waals surface area (Å²) >= 11 is 5.91. The molecule has 2 rings (SSSR count). The molecule has 4 heteroatoms. The lowest BCUT2D eigenvalue weighted by molar-refractivity contribution is -0.143. The predicted octanol–water partition coefficient (Wildman–Crippen LogP) is 4.65. The molecule has 0 aromatic heterocycles. The van der Waals surface area contributed by atoms with Crippen molar-refractivity contribution in [2.45, 2.75) is 25.7 Å². The van der Waals surface area contributed by atoms with Crippen molar-refractivity contribution in [1.29, 1.82) is 0 Å². The van der Waals surface area contributed by atoms with Gasteiger partial charge in [-0.3, -0.25) is 9.59 Å². The molecule has 1 unspecified atom stereocenters. The number of Topliss-reactive ketones (excluding diaryl/α,β-unsaturated/α-hetero) is 1. The zero-order chi connectivity index (χ0) is 16.7. The summed E-state index contributed by atoms with van der Waals surface area (Å²) in [4.78, 5) is 24.3. The van der Waals surface area contributed by atoms with Gasteiger partial charge in [0, 0.05) is 22.9 Å². The van der Waals surface area contributed by atoms with Gasteiger partial charge in [0.1, 0.15) is 0 Å². The van der Waals surface area contributed by atoms with Gasteiger partial charge in [0.25, 0.3) is 0 Å². The maximum Gasteiger partial charge on any atom is 0.306 e. The van der Waals surface area contributed by atoms with Crippen LogP contribution in [0.25, 0.3) is 0 Å². The van der Waals surface area contributed by atoms with Gasteiger partial charge in [-0.05, 0) is 24.6 Å². The number of carbonyl (C=O) groups excluding carboxylic acids is 2. The summed E-state index contributed by atoms with van der Waals surface area (Å²) in [5.74, 6) is -0.512. The fraction of sp³-hybridized carbons (Fsp3) is 0.263. The van der Waals surface area contributed by atoms with Gasteiger partial charge in [-0.1, -0.05) is 54.1 Å². The number of ether oxygens (including phenoxy) is 1. The SMILES string of the molecule is CCOC(=O)CC(CC(=O)c1ccccc1)c1ccc(Cl)cc1. The largest absolute Gasteiger partial charge is 0.466 e. The number of halogens is 1. The fourth-order valence-corrected chi connectivity index (χ4v) is 2.56. The molecule has 0 spiro atoms. The first-order chi connectivity index (χ1) is 11.1. The molecule has 0 saturated heterocycles. The lowest BCUT2D eigenvalue weighted by Gasteiger charge is -2.16. The molecule has 3 nitrogen and oxygen atoms in total. The Morgan fingerprint density at radius 2 is 1.65 bits per heavy atom. The van der Waals surface area contributed by atoms with Gasteiger partial charge in [0.2, 0.25) is 0 Å². The topological polar surface area (TPSA) is 43.4 Å². The molecule has 1 atom stereocenters. The summed E-state index contributed by atoms with van der Waals surface area (Å²) in [5, 5.41) is 0.623. The van der Waals surface area contributed by atoms with E-state index in [1.165, 1.54) is 0 Å². The molecular formula is C19H19ClO3. The second-order valence-corrected chi connectivity index (χ2v) is 5.69. The van der Waals surface area contributed by atoms with Crippen molar-refractivity contribution >= 4 is 23.4 Å². The van der Waals surface area contributed by atoms with Crippen LogP contribution >= 0.6 is 11.6 Å². The Balaban J connectivity index is 2.17. The van der Waals surface area contributed by atoms with Crippen LogP contribution in [0.2, 0.25) is 5.02 Å². The zero-order valence-electron chi connectivity index (χ0n) is 13.0. The Morgan fingerprint density at radius 1 is 1.00 bits per heavy atom. The van der Waals surface area contributed by atoms with Gasteiger partial charge >= 0.3 is 5.97 Å². The third-order valence-electron chi connectivity index (χ3n) is 3.59. The Hall–Kier alpha value is -2.13. The highest BCUT2D eigenvalue weighted by atomic mass is 35.5. The van der Waals surface area contributed by atoms with E-state index in [4.69, 9.17) is 16.3 Å². The highest BCUT2D eigenvalue weighted by Gasteiger charge is 2.21. The lowest BCUT2D eigenvalue weighted by atomic mass is 9.89. The van der Waals surface area contributed by atoms with Crippen LogP contribution in [0.5, 0.6) is 0 Å². The summed E-state index contributed by atoms with van der Waals surface area (Å²) < 4.78 is 5.03. The van der Waals surface area contributed by atoms with E-state index in [-0.39, 0.29) is 30.5 Å². The van der Waals surface area contributed by atoms with Gasteiger partial charge in [0.15, 0.2) is 5.78 Å². The lowest BCUT2D eigenvalue weighted by Crippen LogP contribution is -2.14. The van der Waals surface area contributed by atoms with Crippen LogP contribution in [0.3, 0.4) is 0 Å². The average molecular weight is 331 g/mol. The Bertz CT molecular complexity index is 650. The highest BCUT2D eigenvalue weighted by molar-refractivity contribution is 6.30. The van der Waals surface area contributed by atoms with Gasteiger partial charge < -0.3 is 4.74 Å². The van der Waals surface area contributed by atoms with E-state index in [1.807, 2.05) is 30.3 Å². The number of hydrogen-bond acceptors (Lipinski definition) is 3. The van der Waals surface area contributed by atoms with Crippen LogP contribution in [-0.4, -0.2) is 18.4 Å². The third-order valence-corrected chi connectivity index (χ3v) is 3.84. The first-order valence-corrected chi connectivity index (χ1v) is 7.97. The van der Waals surface area contributed by atoms with Crippen LogP contribution < -0.4 is 0 Å². The Labute approximate surface area is 141 Å². The number of ketones is 1. The maximum absolute atomic E-state index is 12.5. The Kier molecular flexibility index (Phi) is 6.36. The molecular weight excluding hydrogens is 312 g/mol. The van der Waals surface area contributed by atoms with Crippen LogP contribution in [-0.2, 0) is 9.53 Å². The van der Waals surface area contributed by atoms with E-state index >= 15 is 0 Å². The quantitative estimate of drug-likeness (QED) is 0.548. The van der Waals surface area contributed by atoms with Crippen molar-refractivity contribution in [2.75, 3.05) is 6.61 Å². The minimum atomic E-state index is -0.298. The summed E-state index contributed by atoms with van der Waals surface area (Å²) in [6, 6.07) is 16.3. The smallest absolute Gasteiger partial charge is 0.306 e. The summed E-state index contributed by atoms with van der Waals surface area (Å²) in [5.41, 5.74) is 1.56. The molecule has 23 heavy (non-hydrogen) atoms. The predicted molar refractivity (Wildman–Crippen MR) is 90.8 cm³/mol.